The van der Waals surface area contributed by atoms with Crippen molar-refractivity contribution in [2.45, 2.75) is 109 Å². The van der Waals surface area contributed by atoms with Gasteiger partial charge in [0.25, 0.3) is 5.91 Å². The first-order valence-electron chi connectivity index (χ1n) is 22.8. The minimum Gasteiger partial charge on any atom is -0.458 e. The van der Waals surface area contributed by atoms with Gasteiger partial charge in [-0.3, -0.25) is 33.7 Å². The Labute approximate surface area is 388 Å². The Balaban J connectivity index is 1.32. The molecule has 3 aliphatic rings. The standard InChI is InChI=1S/C49H61F3N8O7/c1-10-40(61)58-20-18-33(26-58)45(63)56(7)41(28(2)3)44(62)54-38-22-30-13-11-14-31(21-30)32-16-17-39-34(23-32)35(24-48(5,6)67-47(65)37-15-12-19-60(55-37)46(38)64)43(59(39)27-49(50,51)52)36-25-53-57(8)42(36)29(4)66-9/h10-11,13-14,16-17,21,23,25,28-29,33,37-38,41,55H,1,12,15,18-20,22,24,26-27H2,2-9H3,(H,54,62)/t29-,33-,37-,38-,41-/m0/s1. The lowest BCUT2D eigenvalue weighted by molar-refractivity contribution is -0.163. The molecule has 2 fully saturated rings. The number of amides is 4. The summed E-state index contributed by atoms with van der Waals surface area (Å²) in [4.78, 5) is 72.4. The first kappa shape index (κ1) is 48.9. The molecule has 2 saturated heterocycles. The molecule has 67 heavy (non-hydrogen) atoms. The van der Waals surface area contributed by atoms with E-state index in [9.17, 15) is 37.1 Å². The molecule has 0 spiro atoms. The first-order chi connectivity index (χ1) is 31.6. The Hall–Kier alpha value is -6.01. The second-order valence-corrected chi connectivity index (χ2v) is 19.0. The van der Waals surface area contributed by atoms with E-state index in [4.69, 9.17) is 9.47 Å². The van der Waals surface area contributed by atoms with Gasteiger partial charge in [-0.05, 0) is 86.4 Å². The molecule has 5 atom stereocenters. The number of halogens is 3. The SMILES string of the molecule is C=CC(=O)N1CC[C@H](C(=O)N(C)[C@H](C(=O)N[C@H]2Cc3cccc(c3)-c3ccc4c(c3)c(c(-c3cnn(C)c3[C@H](C)OC)n4CC(F)(F)F)CC(C)(C)OC(=O)[C@@H]3CCCN(N3)C2=O)C(C)C)C1. The van der Waals surface area contributed by atoms with E-state index >= 15 is 0 Å². The molecule has 5 heterocycles. The molecule has 0 saturated carbocycles. The van der Waals surface area contributed by atoms with Crippen LogP contribution >= 0.6 is 0 Å². The Bertz CT molecular complexity index is 2570. The monoisotopic (exact) mass is 930 g/mol. The van der Waals surface area contributed by atoms with Crippen LogP contribution < -0.4 is 10.7 Å². The quantitative estimate of drug-likeness (QED) is 0.146. The summed E-state index contributed by atoms with van der Waals surface area (Å²) in [5.74, 6) is -3.16. The summed E-state index contributed by atoms with van der Waals surface area (Å²) in [6, 6.07) is 9.54. The number of aryl methyl sites for hydroxylation is 1. The van der Waals surface area contributed by atoms with E-state index in [-0.39, 0.29) is 49.4 Å². The molecule has 2 N–H and O–H groups in total. The van der Waals surface area contributed by atoms with Gasteiger partial charge in [-0.25, -0.2) is 5.43 Å². The number of cyclic esters (lactones) is 1. The van der Waals surface area contributed by atoms with E-state index in [2.05, 4.69) is 22.4 Å². The number of fused-ring (bicyclic) bond motifs is 6. The zero-order valence-electron chi connectivity index (χ0n) is 39.4. The molecule has 360 valence electrons. The van der Waals surface area contributed by atoms with E-state index in [0.29, 0.717) is 70.2 Å². The van der Waals surface area contributed by atoms with Gasteiger partial charge in [0, 0.05) is 70.1 Å². The average molecular weight is 931 g/mol. The highest BCUT2D eigenvalue weighted by Gasteiger charge is 2.41. The smallest absolute Gasteiger partial charge is 0.406 e. The van der Waals surface area contributed by atoms with Crippen molar-refractivity contribution < 1.29 is 46.6 Å². The van der Waals surface area contributed by atoms with Gasteiger partial charge in [-0.1, -0.05) is 50.8 Å². The summed E-state index contributed by atoms with van der Waals surface area (Å²) in [6.07, 6.45) is -1.19. The first-order valence-corrected chi connectivity index (χ1v) is 22.8. The van der Waals surface area contributed by atoms with Crippen LogP contribution in [0.15, 0.2) is 61.3 Å². The van der Waals surface area contributed by atoms with Crippen LogP contribution in [0.5, 0.6) is 0 Å². The molecule has 0 unspecified atom stereocenters. The van der Waals surface area contributed by atoms with Crippen LogP contribution in [0.2, 0.25) is 0 Å². The van der Waals surface area contributed by atoms with Crippen LogP contribution in [0.4, 0.5) is 13.2 Å². The largest absolute Gasteiger partial charge is 0.458 e. The zero-order valence-corrected chi connectivity index (χ0v) is 39.4. The van der Waals surface area contributed by atoms with Crippen molar-refractivity contribution in [2.24, 2.45) is 18.9 Å². The topological polar surface area (TPSA) is 160 Å². The molecule has 0 aliphatic carbocycles. The summed E-state index contributed by atoms with van der Waals surface area (Å²) in [5.41, 5.74) is 5.96. The van der Waals surface area contributed by atoms with E-state index in [0.717, 1.165) is 0 Å². The number of aromatic nitrogens is 3. The molecule has 7 rings (SSSR count). The maximum Gasteiger partial charge on any atom is 0.406 e. The fraction of sp³-hybridized carbons (Fsp3) is 0.510. The number of carbonyl (C=O) groups is 5. The highest BCUT2D eigenvalue weighted by molar-refractivity contribution is 5.96. The van der Waals surface area contributed by atoms with Gasteiger partial charge in [-0.15, -0.1) is 0 Å². The number of hydrazine groups is 1. The van der Waals surface area contributed by atoms with Gasteiger partial charge in [-0.2, -0.15) is 18.3 Å². The van der Waals surface area contributed by atoms with E-state index in [1.165, 1.54) is 33.9 Å². The summed E-state index contributed by atoms with van der Waals surface area (Å²) in [5, 5.41) is 9.29. The Morgan fingerprint density at radius 3 is 2.51 bits per heavy atom. The zero-order chi connectivity index (χ0) is 48.7. The second-order valence-electron chi connectivity index (χ2n) is 19.0. The Kier molecular flexibility index (Phi) is 14.1. The third-order valence-electron chi connectivity index (χ3n) is 13.2. The summed E-state index contributed by atoms with van der Waals surface area (Å²) < 4.78 is 58.8. The number of esters is 1. The molecule has 2 aromatic carbocycles. The van der Waals surface area contributed by atoms with Crippen LogP contribution in [-0.4, -0.2) is 122 Å². The van der Waals surface area contributed by atoms with E-state index in [1.54, 1.807) is 56.6 Å². The number of rotatable bonds is 10. The third kappa shape index (κ3) is 10.3. The molecule has 4 amide bonds. The number of likely N-dealkylation sites (N-methyl/N-ethyl adjacent to an activating group) is 1. The Morgan fingerprint density at radius 1 is 1.09 bits per heavy atom. The maximum atomic E-state index is 14.7. The number of ether oxygens (including phenoxy) is 2. The molecule has 0 radical (unpaired) electrons. The van der Waals surface area contributed by atoms with Gasteiger partial charge in [0.15, 0.2) is 0 Å². The lowest BCUT2D eigenvalue weighted by atomic mass is 9.92. The summed E-state index contributed by atoms with van der Waals surface area (Å²) >= 11 is 0. The third-order valence-corrected chi connectivity index (χ3v) is 13.2. The summed E-state index contributed by atoms with van der Waals surface area (Å²) in [7, 11) is 4.78. The van der Waals surface area contributed by atoms with Crippen LogP contribution in [0.3, 0.4) is 0 Å². The van der Waals surface area contributed by atoms with E-state index in [1.807, 2.05) is 44.2 Å². The maximum absolute atomic E-state index is 14.7. The Morgan fingerprint density at radius 2 is 1.82 bits per heavy atom. The number of benzene rings is 2. The van der Waals surface area contributed by atoms with Gasteiger partial charge < -0.3 is 29.2 Å². The van der Waals surface area contributed by atoms with E-state index < -0.39 is 66.3 Å². The van der Waals surface area contributed by atoms with Crippen LogP contribution in [-0.2, 0) is 59.9 Å². The van der Waals surface area contributed by atoms with Crippen molar-refractivity contribution in [3.8, 4) is 22.4 Å². The van der Waals surface area contributed by atoms with Crippen molar-refractivity contribution in [3.05, 3.63) is 78.1 Å². The molecule has 15 nitrogen and oxygen atoms in total. The van der Waals surface area contributed by atoms with Crippen molar-refractivity contribution in [1.29, 1.82) is 0 Å². The molecule has 6 bridgehead atoms. The van der Waals surface area contributed by atoms with Gasteiger partial charge in [0.1, 0.15) is 30.3 Å². The number of nitrogens with one attached hydrogen (secondary N) is 2. The van der Waals surface area contributed by atoms with Gasteiger partial charge in [0.05, 0.1) is 29.6 Å². The summed E-state index contributed by atoms with van der Waals surface area (Å²) in [6.45, 7) is 11.9. The number of hydrogen-bond acceptors (Lipinski definition) is 9. The minimum absolute atomic E-state index is 0.0119. The number of nitrogens with zero attached hydrogens (tertiary/aromatic N) is 6. The second kappa shape index (κ2) is 19.3. The molecule has 3 aliphatic heterocycles. The lowest BCUT2D eigenvalue weighted by Crippen LogP contribution is -2.62. The molecule has 4 aromatic rings. The number of likely N-dealkylation sites (tertiary alicyclic amines) is 1. The predicted molar refractivity (Wildman–Crippen MR) is 245 cm³/mol. The normalized spacial score (nSPS) is 21.0. The van der Waals surface area contributed by atoms with Crippen molar-refractivity contribution in [1.82, 2.24) is 39.9 Å². The predicted octanol–water partition coefficient (Wildman–Crippen LogP) is 5.90. The van der Waals surface area contributed by atoms with Crippen LogP contribution in [0.1, 0.15) is 76.8 Å². The van der Waals surface area contributed by atoms with Crippen LogP contribution in [0, 0.1) is 11.8 Å². The number of hydrogen-bond donors (Lipinski definition) is 2. The number of methoxy groups -OCH3 is 1. The molecule has 18 heteroatoms. The van der Waals surface area contributed by atoms with Gasteiger partial charge in [0.2, 0.25) is 17.7 Å². The molecular weight excluding hydrogens is 870 g/mol. The van der Waals surface area contributed by atoms with Crippen LogP contribution in [0.25, 0.3) is 33.3 Å². The van der Waals surface area contributed by atoms with Crippen molar-refractivity contribution >= 4 is 40.5 Å². The van der Waals surface area contributed by atoms with Gasteiger partial charge >= 0.3 is 12.1 Å². The fourth-order valence-corrected chi connectivity index (χ4v) is 9.98. The highest BCUT2D eigenvalue weighted by atomic mass is 19.4. The number of alkyl halides is 3. The lowest BCUT2D eigenvalue weighted by Gasteiger charge is -2.37. The number of carbonyl (C=O) groups excluding carboxylic acids is 5. The minimum atomic E-state index is -4.61. The van der Waals surface area contributed by atoms with Crippen molar-refractivity contribution in [2.75, 3.05) is 33.8 Å². The average Bonchev–Trinajstić information content (AvgIpc) is 4.00. The molecule has 2 aromatic heterocycles. The molecular formula is C49H61F3N8O7. The van der Waals surface area contributed by atoms with Crippen molar-refractivity contribution in [3.63, 3.8) is 0 Å². The highest BCUT2D eigenvalue weighted by Crippen LogP contribution is 2.43. The fourth-order valence-electron chi connectivity index (χ4n) is 9.98.